The van der Waals surface area contributed by atoms with Crippen molar-refractivity contribution in [1.82, 2.24) is 10.2 Å². The molecule has 2 aromatic carbocycles. The van der Waals surface area contributed by atoms with Gasteiger partial charge in [0.15, 0.2) is 0 Å². The van der Waals surface area contributed by atoms with Gasteiger partial charge < -0.3 is 20.1 Å². The Kier molecular flexibility index (Phi) is 6.44. The molecule has 32 heavy (non-hydrogen) atoms. The van der Waals surface area contributed by atoms with Crippen LogP contribution in [0.15, 0.2) is 48.5 Å². The standard InChI is InChI=1S/C25H28N2O5/c1-27(14-13-23(28)29)24(30)20-11-6-12-22(20)26-25(31)32-15-21-18-9-4-2-7-16(18)17-8-3-5-10-19(17)21/h2-5,7-10,20-22H,6,11-15H2,1H3,(H,26,31)(H,28,29)/t20-,22+/m1/s1. The number of carbonyl (C=O) groups is 3. The summed E-state index contributed by atoms with van der Waals surface area (Å²) in [4.78, 5) is 37.6. The fourth-order valence-electron chi connectivity index (χ4n) is 4.88. The summed E-state index contributed by atoms with van der Waals surface area (Å²) >= 11 is 0. The highest BCUT2D eigenvalue weighted by molar-refractivity contribution is 5.81. The van der Waals surface area contributed by atoms with Crippen LogP contribution in [0.5, 0.6) is 0 Å². The van der Waals surface area contributed by atoms with Crippen molar-refractivity contribution in [1.29, 1.82) is 0 Å². The average Bonchev–Trinajstić information content (AvgIpc) is 3.38. The van der Waals surface area contributed by atoms with Gasteiger partial charge in [-0.2, -0.15) is 0 Å². The largest absolute Gasteiger partial charge is 0.481 e. The molecule has 0 unspecified atom stereocenters. The Morgan fingerprint density at radius 2 is 1.66 bits per heavy atom. The molecule has 2 atom stereocenters. The highest BCUT2D eigenvalue weighted by atomic mass is 16.5. The first kappa shape index (κ1) is 21.9. The highest BCUT2D eigenvalue weighted by Crippen LogP contribution is 2.44. The van der Waals surface area contributed by atoms with Gasteiger partial charge in [-0.3, -0.25) is 9.59 Å². The molecule has 0 heterocycles. The van der Waals surface area contributed by atoms with E-state index in [9.17, 15) is 14.4 Å². The lowest BCUT2D eigenvalue weighted by molar-refractivity contribution is -0.139. The number of carboxylic acids is 1. The maximum Gasteiger partial charge on any atom is 0.407 e. The molecule has 0 aromatic heterocycles. The van der Waals surface area contributed by atoms with Crippen molar-refractivity contribution < 1.29 is 24.2 Å². The molecular weight excluding hydrogens is 408 g/mol. The van der Waals surface area contributed by atoms with Crippen LogP contribution in [0.2, 0.25) is 0 Å². The monoisotopic (exact) mass is 436 g/mol. The first-order chi connectivity index (χ1) is 15.5. The lowest BCUT2D eigenvalue weighted by Gasteiger charge is -2.25. The second kappa shape index (κ2) is 9.42. The number of hydrogen-bond acceptors (Lipinski definition) is 4. The summed E-state index contributed by atoms with van der Waals surface area (Å²) in [5.41, 5.74) is 4.64. The number of rotatable bonds is 7. The second-order valence-corrected chi connectivity index (χ2v) is 8.52. The fraction of sp³-hybridized carbons (Fsp3) is 0.400. The quantitative estimate of drug-likeness (QED) is 0.691. The molecule has 2 aliphatic rings. The van der Waals surface area contributed by atoms with Crippen LogP contribution < -0.4 is 5.32 Å². The Morgan fingerprint density at radius 1 is 1.03 bits per heavy atom. The predicted molar refractivity (Wildman–Crippen MR) is 119 cm³/mol. The molecule has 2 aliphatic carbocycles. The topological polar surface area (TPSA) is 95.9 Å². The van der Waals surface area contributed by atoms with Gasteiger partial charge in [-0.25, -0.2) is 4.79 Å². The van der Waals surface area contributed by atoms with Crippen LogP contribution in [-0.4, -0.2) is 54.2 Å². The fourth-order valence-corrected chi connectivity index (χ4v) is 4.88. The zero-order valence-corrected chi connectivity index (χ0v) is 18.1. The van der Waals surface area contributed by atoms with Crippen molar-refractivity contribution in [3.8, 4) is 11.1 Å². The summed E-state index contributed by atoms with van der Waals surface area (Å²) in [6.07, 6.45) is 1.58. The van der Waals surface area contributed by atoms with Crippen molar-refractivity contribution in [2.45, 2.75) is 37.6 Å². The van der Waals surface area contributed by atoms with Crippen LogP contribution in [0.25, 0.3) is 11.1 Å². The molecule has 0 radical (unpaired) electrons. The number of amides is 2. The third-order valence-electron chi connectivity index (χ3n) is 6.52. The van der Waals surface area contributed by atoms with Gasteiger partial charge in [0.05, 0.1) is 12.3 Å². The van der Waals surface area contributed by atoms with E-state index in [-0.39, 0.29) is 43.4 Å². The van der Waals surface area contributed by atoms with Gasteiger partial charge >= 0.3 is 12.1 Å². The van der Waals surface area contributed by atoms with Crippen LogP contribution >= 0.6 is 0 Å². The second-order valence-electron chi connectivity index (χ2n) is 8.52. The molecule has 7 nitrogen and oxygen atoms in total. The van der Waals surface area contributed by atoms with Crippen molar-refractivity contribution in [3.63, 3.8) is 0 Å². The van der Waals surface area contributed by atoms with E-state index in [0.717, 1.165) is 17.5 Å². The van der Waals surface area contributed by atoms with E-state index in [1.54, 1.807) is 7.05 Å². The van der Waals surface area contributed by atoms with Crippen LogP contribution in [0, 0.1) is 5.92 Å². The number of fused-ring (bicyclic) bond motifs is 3. The Balaban J connectivity index is 1.36. The molecule has 1 fully saturated rings. The van der Waals surface area contributed by atoms with E-state index >= 15 is 0 Å². The van der Waals surface area contributed by atoms with Crippen LogP contribution in [-0.2, 0) is 14.3 Å². The summed E-state index contributed by atoms with van der Waals surface area (Å²) in [5.74, 6) is -1.44. The minimum absolute atomic E-state index is 0.0173. The molecule has 0 aliphatic heterocycles. The number of benzene rings is 2. The number of nitrogens with one attached hydrogen (secondary N) is 1. The first-order valence-electron chi connectivity index (χ1n) is 11.0. The van der Waals surface area contributed by atoms with Gasteiger partial charge in [-0.1, -0.05) is 55.0 Å². The zero-order chi connectivity index (χ0) is 22.7. The van der Waals surface area contributed by atoms with Crippen molar-refractivity contribution >= 4 is 18.0 Å². The number of ether oxygens (including phenoxy) is 1. The highest BCUT2D eigenvalue weighted by Gasteiger charge is 2.36. The third-order valence-corrected chi connectivity index (χ3v) is 6.52. The Morgan fingerprint density at radius 3 is 2.28 bits per heavy atom. The molecule has 168 valence electrons. The number of carbonyl (C=O) groups excluding carboxylic acids is 2. The number of hydrogen-bond donors (Lipinski definition) is 2. The first-order valence-corrected chi connectivity index (χ1v) is 11.0. The van der Waals surface area contributed by atoms with E-state index in [0.29, 0.717) is 12.8 Å². The van der Waals surface area contributed by atoms with Crippen molar-refractivity contribution in [2.75, 3.05) is 20.2 Å². The molecule has 4 rings (SSSR count). The summed E-state index contributed by atoms with van der Waals surface area (Å²) in [7, 11) is 1.61. The van der Waals surface area contributed by atoms with Crippen LogP contribution in [0.3, 0.4) is 0 Å². The predicted octanol–water partition coefficient (Wildman–Crippen LogP) is 3.63. The molecule has 0 saturated heterocycles. The minimum Gasteiger partial charge on any atom is -0.481 e. The summed E-state index contributed by atoms with van der Waals surface area (Å²) in [6, 6.07) is 16.0. The molecule has 0 bridgehead atoms. The molecule has 7 heteroatoms. The van der Waals surface area contributed by atoms with Crippen molar-refractivity contribution in [2.24, 2.45) is 5.92 Å². The summed E-state index contributed by atoms with van der Waals surface area (Å²) in [6.45, 7) is 0.381. The van der Waals surface area contributed by atoms with E-state index in [4.69, 9.17) is 9.84 Å². The lowest BCUT2D eigenvalue weighted by Crippen LogP contribution is -2.45. The van der Waals surface area contributed by atoms with Gasteiger partial charge in [0.1, 0.15) is 6.61 Å². The maximum atomic E-state index is 12.7. The SMILES string of the molecule is CN(CCC(=O)O)C(=O)[C@@H]1CCC[C@@H]1NC(=O)OCC1c2ccccc2-c2ccccc21. The van der Waals surface area contributed by atoms with E-state index in [1.165, 1.54) is 16.0 Å². The third kappa shape index (κ3) is 4.47. The Labute approximate surface area is 187 Å². The normalized spacial score (nSPS) is 19.2. The van der Waals surface area contributed by atoms with Gasteiger partial charge in [0.2, 0.25) is 5.91 Å². The van der Waals surface area contributed by atoms with Crippen LogP contribution in [0.4, 0.5) is 4.79 Å². The van der Waals surface area contributed by atoms with Gasteiger partial charge in [-0.05, 0) is 35.1 Å². The number of carboxylic acid groups (broad SMARTS) is 1. The molecular formula is C25H28N2O5. The Hall–Kier alpha value is -3.35. The van der Waals surface area contributed by atoms with E-state index in [1.807, 2.05) is 24.3 Å². The summed E-state index contributed by atoms with van der Waals surface area (Å²) < 4.78 is 5.62. The maximum absolute atomic E-state index is 12.7. The van der Waals surface area contributed by atoms with Gasteiger partial charge in [-0.15, -0.1) is 0 Å². The van der Waals surface area contributed by atoms with Gasteiger partial charge in [0.25, 0.3) is 0 Å². The van der Waals surface area contributed by atoms with Crippen molar-refractivity contribution in [3.05, 3.63) is 59.7 Å². The molecule has 1 saturated carbocycles. The van der Waals surface area contributed by atoms with Crippen LogP contribution in [0.1, 0.15) is 42.7 Å². The molecule has 0 spiro atoms. The zero-order valence-electron chi connectivity index (χ0n) is 18.1. The number of alkyl carbamates (subject to hydrolysis) is 1. The van der Waals surface area contributed by atoms with E-state index in [2.05, 4.69) is 29.6 Å². The minimum atomic E-state index is -0.940. The molecule has 2 aromatic rings. The smallest absolute Gasteiger partial charge is 0.407 e. The number of nitrogens with zero attached hydrogens (tertiary/aromatic N) is 1. The average molecular weight is 437 g/mol. The molecule has 2 N–H and O–H groups in total. The van der Waals surface area contributed by atoms with E-state index < -0.39 is 12.1 Å². The molecule has 2 amide bonds. The summed E-state index contributed by atoms with van der Waals surface area (Å²) in [5, 5.41) is 11.7. The lowest BCUT2D eigenvalue weighted by atomic mass is 9.98. The number of aliphatic carboxylic acids is 1. The Bertz CT molecular complexity index is 975. The van der Waals surface area contributed by atoms with Gasteiger partial charge in [0, 0.05) is 25.6 Å².